The van der Waals surface area contributed by atoms with Crippen LogP contribution in [-0.2, 0) is 17.8 Å². The van der Waals surface area contributed by atoms with Crippen molar-refractivity contribution in [3.8, 4) is 5.75 Å². The molecule has 7 heteroatoms. The zero-order valence-electron chi connectivity index (χ0n) is 17.5. The molecular formula is C25H26ClNO4S. The molecule has 1 unspecified atom stereocenters. The molecule has 0 heterocycles. The molecule has 0 spiro atoms. The Balaban J connectivity index is 1.57. The zero-order chi connectivity index (χ0) is 23.0. The molecule has 0 aliphatic rings. The van der Waals surface area contributed by atoms with Gasteiger partial charge in [0.2, 0.25) is 0 Å². The highest BCUT2D eigenvalue weighted by Crippen LogP contribution is 2.33. The molecule has 168 valence electrons. The maximum atomic E-state index is 11.2. The van der Waals surface area contributed by atoms with E-state index in [1.165, 1.54) is 0 Å². The first-order chi connectivity index (χ1) is 15.4. The van der Waals surface area contributed by atoms with Crippen LogP contribution in [0.25, 0.3) is 0 Å². The number of benzene rings is 3. The van der Waals surface area contributed by atoms with Gasteiger partial charge in [0.15, 0.2) is 0 Å². The lowest BCUT2D eigenvalue weighted by atomic mass is 9.93. The normalized spacial score (nSPS) is 12.8. The highest BCUT2D eigenvalue weighted by Gasteiger charge is 2.32. The van der Waals surface area contributed by atoms with Crippen molar-refractivity contribution in [3.63, 3.8) is 0 Å². The smallest absolute Gasteiger partial charge is 0.326 e. The number of halogens is 1. The Morgan fingerprint density at radius 3 is 2.47 bits per heavy atom. The highest BCUT2D eigenvalue weighted by atomic mass is 35.5. The Labute approximate surface area is 197 Å². The van der Waals surface area contributed by atoms with Gasteiger partial charge >= 0.3 is 5.97 Å². The van der Waals surface area contributed by atoms with Gasteiger partial charge in [0.25, 0.3) is 0 Å². The van der Waals surface area contributed by atoms with Crippen molar-refractivity contribution in [2.24, 2.45) is 5.73 Å². The Bertz CT molecular complexity index is 1050. The SMILES string of the molecule is NC(CO)(CCCc1ccc(Sc2cccc(OCc3ccccc3)c2)cc1Cl)C(=O)O. The fourth-order valence-corrected chi connectivity index (χ4v) is 4.39. The summed E-state index contributed by atoms with van der Waals surface area (Å²) in [5, 5.41) is 19.0. The van der Waals surface area contributed by atoms with Gasteiger partial charge in [-0.25, -0.2) is 0 Å². The third-order valence-corrected chi connectivity index (χ3v) is 6.42. The van der Waals surface area contributed by atoms with Gasteiger partial charge in [-0.2, -0.15) is 0 Å². The molecule has 3 rings (SSSR count). The predicted molar refractivity (Wildman–Crippen MR) is 127 cm³/mol. The van der Waals surface area contributed by atoms with E-state index in [1.54, 1.807) is 11.8 Å². The van der Waals surface area contributed by atoms with Crippen molar-refractivity contribution in [1.29, 1.82) is 0 Å². The first-order valence-corrected chi connectivity index (χ1v) is 11.5. The minimum Gasteiger partial charge on any atom is -0.489 e. The van der Waals surface area contributed by atoms with Crippen molar-refractivity contribution in [1.82, 2.24) is 0 Å². The zero-order valence-corrected chi connectivity index (χ0v) is 19.1. The van der Waals surface area contributed by atoms with Crippen molar-refractivity contribution in [3.05, 3.63) is 88.9 Å². The van der Waals surface area contributed by atoms with E-state index in [0.29, 0.717) is 24.5 Å². The number of rotatable bonds is 11. The first kappa shape index (κ1) is 24.1. The van der Waals surface area contributed by atoms with E-state index in [4.69, 9.17) is 27.2 Å². The predicted octanol–water partition coefficient (Wildman–Crippen LogP) is 5.17. The van der Waals surface area contributed by atoms with Crippen LogP contribution in [0.4, 0.5) is 0 Å². The standard InChI is InChI=1S/C25H26ClNO4S/c26-23-15-22(12-11-19(23)8-5-13-25(27,17-28)24(29)30)32-21-10-4-9-20(14-21)31-16-18-6-2-1-3-7-18/h1-4,6-7,9-12,14-15,28H,5,8,13,16-17,27H2,(H,29,30). The Morgan fingerprint density at radius 1 is 1.03 bits per heavy atom. The lowest BCUT2D eigenvalue weighted by Gasteiger charge is -2.21. The molecule has 0 fully saturated rings. The second-order valence-electron chi connectivity index (χ2n) is 7.58. The van der Waals surface area contributed by atoms with Crippen LogP contribution in [0.3, 0.4) is 0 Å². The molecule has 0 bridgehead atoms. The van der Waals surface area contributed by atoms with E-state index >= 15 is 0 Å². The average Bonchev–Trinajstić information content (AvgIpc) is 2.80. The minimum absolute atomic E-state index is 0.168. The number of aliphatic hydroxyl groups is 1. The van der Waals surface area contributed by atoms with Crippen molar-refractivity contribution in [2.75, 3.05) is 6.61 Å². The number of hydrogen-bond donors (Lipinski definition) is 3. The molecule has 0 aromatic heterocycles. The largest absolute Gasteiger partial charge is 0.489 e. The fraction of sp³-hybridized carbons (Fsp3) is 0.240. The van der Waals surface area contributed by atoms with Crippen LogP contribution >= 0.6 is 23.4 Å². The third kappa shape index (κ3) is 6.74. The maximum absolute atomic E-state index is 11.2. The van der Waals surface area contributed by atoms with Gasteiger partial charge in [-0.15, -0.1) is 0 Å². The Hall–Kier alpha value is -2.51. The molecule has 1 atom stereocenters. The summed E-state index contributed by atoms with van der Waals surface area (Å²) in [4.78, 5) is 13.2. The lowest BCUT2D eigenvalue weighted by molar-refractivity contribution is -0.145. The van der Waals surface area contributed by atoms with Gasteiger partial charge in [-0.1, -0.05) is 65.8 Å². The first-order valence-electron chi connectivity index (χ1n) is 10.3. The molecule has 32 heavy (non-hydrogen) atoms. The van der Waals surface area contributed by atoms with Crippen LogP contribution in [0, 0.1) is 0 Å². The number of hydrogen-bond acceptors (Lipinski definition) is 5. The van der Waals surface area contributed by atoms with E-state index in [2.05, 4.69) is 0 Å². The molecule has 0 aliphatic heterocycles. The topological polar surface area (TPSA) is 92.8 Å². The van der Waals surface area contributed by atoms with E-state index in [1.807, 2.05) is 72.8 Å². The summed E-state index contributed by atoms with van der Waals surface area (Å²) >= 11 is 8.04. The van der Waals surface area contributed by atoms with Crippen molar-refractivity contribution in [2.45, 2.75) is 41.2 Å². The van der Waals surface area contributed by atoms with Crippen LogP contribution < -0.4 is 10.5 Å². The highest BCUT2D eigenvalue weighted by molar-refractivity contribution is 7.99. The van der Waals surface area contributed by atoms with Crippen LogP contribution in [-0.4, -0.2) is 28.3 Å². The van der Waals surface area contributed by atoms with Crippen LogP contribution in [0.15, 0.2) is 82.6 Å². The molecule has 0 saturated heterocycles. The van der Waals surface area contributed by atoms with Crippen LogP contribution in [0.5, 0.6) is 5.75 Å². The molecule has 0 saturated carbocycles. The number of aryl methyl sites for hydroxylation is 1. The molecule has 4 N–H and O–H groups in total. The van der Waals surface area contributed by atoms with Gasteiger partial charge in [0, 0.05) is 14.8 Å². The summed E-state index contributed by atoms with van der Waals surface area (Å²) in [6.07, 6.45) is 1.26. The second kappa shape index (κ2) is 11.4. The van der Waals surface area contributed by atoms with Crippen LogP contribution in [0.2, 0.25) is 5.02 Å². The van der Waals surface area contributed by atoms with Crippen LogP contribution in [0.1, 0.15) is 24.0 Å². The van der Waals surface area contributed by atoms with E-state index in [-0.39, 0.29) is 6.42 Å². The Morgan fingerprint density at radius 2 is 1.78 bits per heavy atom. The summed E-state index contributed by atoms with van der Waals surface area (Å²) in [5.41, 5.74) is 6.14. The number of aliphatic hydroxyl groups excluding tert-OH is 1. The van der Waals surface area contributed by atoms with Gasteiger partial charge < -0.3 is 20.7 Å². The van der Waals surface area contributed by atoms with E-state index in [9.17, 15) is 9.90 Å². The summed E-state index contributed by atoms with van der Waals surface area (Å²) in [6, 6.07) is 23.8. The number of aliphatic carboxylic acids is 1. The summed E-state index contributed by atoms with van der Waals surface area (Å²) < 4.78 is 5.90. The molecule has 5 nitrogen and oxygen atoms in total. The third-order valence-electron chi connectivity index (χ3n) is 5.09. The molecular weight excluding hydrogens is 446 g/mol. The summed E-state index contributed by atoms with van der Waals surface area (Å²) in [6.45, 7) is -0.0858. The average molecular weight is 472 g/mol. The quantitative estimate of drug-likeness (QED) is 0.357. The fourth-order valence-electron chi connectivity index (χ4n) is 3.15. The number of nitrogens with two attached hydrogens (primary N) is 1. The van der Waals surface area contributed by atoms with E-state index in [0.717, 1.165) is 26.7 Å². The summed E-state index contributed by atoms with van der Waals surface area (Å²) in [7, 11) is 0. The summed E-state index contributed by atoms with van der Waals surface area (Å²) in [5.74, 6) is -0.401. The minimum atomic E-state index is -1.62. The monoisotopic (exact) mass is 471 g/mol. The number of carboxylic acids is 1. The molecule has 0 amide bonds. The molecule has 0 aliphatic carbocycles. The van der Waals surface area contributed by atoms with Gasteiger partial charge in [-0.05, 0) is 60.7 Å². The van der Waals surface area contributed by atoms with Gasteiger partial charge in [-0.3, -0.25) is 4.79 Å². The maximum Gasteiger partial charge on any atom is 0.326 e. The Kier molecular flexibility index (Phi) is 8.59. The van der Waals surface area contributed by atoms with Crippen molar-refractivity contribution >= 4 is 29.3 Å². The number of ether oxygens (including phenoxy) is 1. The van der Waals surface area contributed by atoms with E-state index < -0.39 is 18.1 Å². The second-order valence-corrected chi connectivity index (χ2v) is 9.13. The lowest BCUT2D eigenvalue weighted by Crippen LogP contribution is -2.51. The number of carboxylic acid groups (broad SMARTS) is 1. The number of carbonyl (C=O) groups is 1. The van der Waals surface area contributed by atoms with Gasteiger partial charge in [0.05, 0.1) is 6.61 Å². The molecule has 0 radical (unpaired) electrons. The van der Waals surface area contributed by atoms with Gasteiger partial charge in [0.1, 0.15) is 17.9 Å². The van der Waals surface area contributed by atoms with Crippen molar-refractivity contribution < 1.29 is 19.7 Å². The molecule has 3 aromatic carbocycles. The molecule has 3 aromatic rings.